The van der Waals surface area contributed by atoms with E-state index in [1.807, 2.05) is 27.7 Å². The number of hydrogen-bond acceptors (Lipinski definition) is 5. The minimum absolute atomic E-state index is 0.0343. The van der Waals surface area contributed by atoms with Crippen LogP contribution < -0.4 is 21.7 Å². The highest BCUT2D eigenvalue weighted by Gasteiger charge is 2.31. The van der Waals surface area contributed by atoms with Gasteiger partial charge in [0.05, 0.1) is 6.04 Å². The largest absolute Gasteiger partial charge is 0.480 e. The molecule has 4 unspecified atom stereocenters. The second-order valence-corrected chi connectivity index (χ2v) is 7.94. The van der Waals surface area contributed by atoms with Crippen molar-refractivity contribution in [2.75, 3.05) is 6.54 Å². The Kier molecular flexibility index (Phi) is 11.4. The summed E-state index contributed by atoms with van der Waals surface area (Å²) in [4.78, 5) is 48.1. The first-order valence-electron chi connectivity index (χ1n) is 9.76. The Labute approximate surface area is 167 Å². The van der Waals surface area contributed by atoms with Crippen LogP contribution in [0, 0.1) is 17.8 Å². The zero-order valence-corrected chi connectivity index (χ0v) is 17.7. The molecule has 0 bridgehead atoms. The molecule has 0 saturated carbocycles. The second kappa shape index (κ2) is 12.3. The first kappa shape index (κ1) is 25.8. The van der Waals surface area contributed by atoms with E-state index in [-0.39, 0.29) is 17.8 Å². The number of carbonyl (C=O) groups excluding carboxylic acids is 3. The maximum Gasteiger partial charge on any atom is 0.322 e. The highest BCUT2D eigenvalue weighted by molar-refractivity contribution is 5.93. The summed E-state index contributed by atoms with van der Waals surface area (Å²) in [6, 6.07) is -2.48. The van der Waals surface area contributed by atoms with Gasteiger partial charge in [-0.1, -0.05) is 48.0 Å². The highest BCUT2D eigenvalue weighted by Crippen LogP contribution is 2.10. The van der Waals surface area contributed by atoms with Crippen LogP contribution in [0.4, 0.5) is 0 Å². The van der Waals surface area contributed by atoms with Crippen LogP contribution in [0.1, 0.15) is 54.4 Å². The van der Waals surface area contributed by atoms with Gasteiger partial charge in [-0.05, 0) is 24.2 Å². The lowest BCUT2D eigenvalue weighted by Crippen LogP contribution is -2.58. The molecule has 9 heteroatoms. The molecule has 0 aliphatic carbocycles. The van der Waals surface area contributed by atoms with Crippen LogP contribution in [0.15, 0.2) is 0 Å². The number of nitrogens with one attached hydrogen (secondary N) is 3. The molecule has 4 atom stereocenters. The summed E-state index contributed by atoms with van der Waals surface area (Å²) in [5.41, 5.74) is 5.95. The Morgan fingerprint density at radius 3 is 1.93 bits per heavy atom. The number of carbonyl (C=O) groups is 4. The van der Waals surface area contributed by atoms with E-state index in [1.54, 1.807) is 13.8 Å². The molecule has 0 aliphatic heterocycles. The fraction of sp³-hybridized carbons (Fsp3) is 0.789. The van der Waals surface area contributed by atoms with Gasteiger partial charge in [0.15, 0.2) is 0 Å². The van der Waals surface area contributed by atoms with Crippen molar-refractivity contribution in [2.24, 2.45) is 23.5 Å². The Bertz CT molecular complexity index is 550. The molecule has 3 amide bonds. The first-order chi connectivity index (χ1) is 12.9. The maximum absolute atomic E-state index is 12.8. The van der Waals surface area contributed by atoms with E-state index in [0.717, 1.165) is 6.42 Å². The average molecular weight is 401 g/mol. The van der Waals surface area contributed by atoms with Crippen molar-refractivity contribution < 1.29 is 24.3 Å². The number of carboxylic acid groups (broad SMARTS) is 1. The van der Waals surface area contributed by atoms with Gasteiger partial charge in [-0.3, -0.25) is 19.2 Å². The van der Waals surface area contributed by atoms with Crippen molar-refractivity contribution in [3.8, 4) is 0 Å². The van der Waals surface area contributed by atoms with Crippen LogP contribution in [0.2, 0.25) is 0 Å². The third kappa shape index (κ3) is 9.16. The van der Waals surface area contributed by atoms with Gasteiger partial charge in [0, 0.05) is 0 Å². The Balaban J connectivity index is 5.22. The first-order valence-corrected chi connectivity index (χ1v) is 9.76. The molecule has 28 heavy (non-hydrogen) atoms. The van der Waals surface area contributed by atoms with Crippen molar-refractivity contribution >= 4 is 23.7 Å². The van der Waals surface area contributed by atoms with Gasteiger partial charge in [-0.25, -0.2) is 0 Å². The van der Waals surface area contributed by atoms with Crippen LogP contribution in [0.3, 0.4) is 0 Å². The van der Waals surface area contributed by atoms with Crippen molar-refractivity contribution in [3.05, 3.63) is 0 Å². The zero-order chi connectivity index (χ0) is 22.0. The van der Waals surface area contributed by atoms with Gasteiger partial charge in [0.1, 0.15) is 18.6 Å². The number of hydrogen-bond donors (Lipinski definition) is 5. The zero-order valence-electron chi connectivity index (χ0n) is 17.7. The third-order valence-electron chi connectivity index (χ3n) is 4.56. The molecule has 9 nitrogen and oxygen atoms in total. The van der Waals surface area contributed by atoms with Crippen molar-refractivity contribution in [1.29, 1.82) is 0 Å². The third-order valence-corrected chi connectivity index (χ3v) is 4.56. The summed E-state index contributed by atoms with van der Waals surface area (Å²) >= 11 is 0. The smallest absolute Gasteiger partial charge is 0.322 e. The summed E-state index contributed by atoms with van der Waals surface area (Å²) in [5.74, 6) is -2.85. The molecule has 0 aliphatic rings. The Morgan fingerprint density at radius 2 is 1.50 bits per heavy atom. The Hall–Kier alpha value is -2.16. The van der Waals surface area contributed by atoms with Crippen LogP contribution in [0.5, 0.6) is 0 Å². The lowest BCUT2D eigenvalue weighted by Gasteiger charge is -2.27. The number of amides is 3. The van der Waals surface area contributed by atoms with E-state index in [2.05, 4.69) is 16.0 Å². The van der Waals surface area contributed by atoms with E-state index in [4.69, 9.17) is 10.8 Å². The molecular weight excluding hydrogens is 364 g/mol. The maximum atomic E-state index is 12.8. The molecular formula is C19H36N4O5. The molecule has 6 N–H and O–H groups in total. The van der Waals surface area contributed by atoms with Crippen molar-refractivity contribution in [2.45, 2.75) is 72.5 Å². The second-order valence-electron chi connectivity index (χ2n) is 7.94. The van der Waals surface area contributed by atoms with Gasteiger partial charge >= 0.3 is 5.97 Å². The van der Waals surface area contributed by atoms with Gasteiger partial charge in [-0.15, -0.1) is 0 Å². The lowest BCUT2D eigenvalue weighted by atomic mass is 9.97. The highest BCUT2D eigenvalue weighted by atomic mass is 16.4. The number of rotatable bonds is 12. The van der Waals surface area contributed by atoms with Gasteiger partial charge in [0.2, 0.25) is 17.7 Å². The monoisotopic (exact) mass is 400 g/mol. The van der Waals surface area contributed by atoms with E-state index >= 15 is 0 Å². The number of aliphatic carboxylic acids is 1. The Morgan fingerprint density at radius 1 is 0.929 bits per heavy atom. The molecule has 0 aromatic rings. The van der Waals surface area contributed by atoms with Crippen LogP contribution >= 0.6 is 0 Å². The summed E-state index contributed by atoms with van der Waals surface area (Å²) in [6.07, 6.45) is 1.11. The lowest BCUT2D eigenvalue weighted by molar-refractivity contribution is -0.139. The molecule has 0 aromatic carbocycles. The van der Waals surface area contributed by atoms with Crippen LogP contribution in [-0.4, -0.2) is 53.5 Å². The van der Waals surface area contributed by atoms with Gasteiger partial charge < -0.3 is 26.8 Å². The standard InChI is InChI=1S/C19H36N4O5/c1-7-12(6)15(20)18(27)22-13(8-10(2)3)17(26)23-16(11(4)5)19(28)21-9-14(24)25/h10-13,15-16H,7-9,20H2,1-6H3,(H,21,28)(H,22,27)(H,23,26)(H,24,25). The van der Waals surface area contributed by atoms with E-state index < -0.39 is 48.4 Å². The SMILES string of the molecule is CCC(C)C(N)C(=O)NC(CC(C)C)C(=O)NC(C(=O)NCC(=O)O)C(C)C. The predicted octanol–water partition coefficient (Wildman–Crippen LogP) is 0.232. The number of nitrogens with two attached hydrogens (primary N) is 1. The average Bonchev–Trinajstić information content (AvgIpc) is 2.61. The van der Waals surface area contributed by atoms with Gasteiger partial charge in [-0.2, -0.15) is 0 Å². The summed E-state index contributed by atoms with van der Waals surface area (Å²) in [6.45, 7) is 10.6. The van der Waals surface area contributed by atoms with E-state index in [1.165, 1.54) is 0 Å². The van der Waals surface area contributed by atoms with E-state index in [0.29, 0.717) is 6.42 Å². The quantitative estimate of drug-likeness (QED) is 0.316. The van der Waals surface area contributed by atoms with Gasteiger partial charge in [0.25, 0.3) is 0 Å². The minimum Gasteiger partial charge on any atom is -0.480 e. The topological polar surface area (TPSA) is 151 Å². The minimum atomic E-state index is -1.17. The fourth-order valence-electron chi connectivity index (χ4n) is 2.54. The molecule has 0 rings (SSSR count). The molecule has 0 heterocycles. The fourth-order valence-corrected chi connectivity index (χ4v) is 2.54. The number of carboxylic acids is 1. The van der Waals surface area contributed by atoms with Crippen LogP contribution in [0.25, 0.3) is 0 Å². The van der Waals surface area contributed by atoms with Crippen LogP contribution in [-0.2, 0) is 19.2 Å². The summed E-state index contributed by atoms with van der Waals surface area (Å²) in [5, 5.41) is 16.3. The van der Waals surface area contributed by atoms with Crippen molar-refractivity contribution in [1.82, 2.24) is 16.0 Å². The molecule has 0 spiro atoms. The molecule has 0 saturated heterocycles. The normalized spacial score (nSPS) is 15.5. The summed E-state index contributed by atoms with van der Waals surface area (Å²) in [7, 11) is 0. The van der Waals surface area contributed by atoms with E-state index in [9.17, 15) is 19.2 Å². The summed E-state index contributed by atoms with van der Waals surface area (Å²) < 4.78 is 0. The molecule has 0 aromatic heterocycles. The molecule has 0 fully saturated rings. The van der Waals surface area contributed by atoms with Crippen molar-refractivity contribution in [3.63, 3.8) is 0 Å². The predicted molar refractivity (Wildman–Crippen MR) is 106 cm³/mol. The molecule has 162 valence electrons. The molecule has 0 radical (unpaired) electrons.